The summed E-state index contributed by atoms with van der Waals surface area (Å²) < 4.78 is 5.29. The number of anilines is 3. The summed E-state index contributed by atoms with van der Waals surface area (Å²) in [4.78, 5) is 16.6. The molecule has 0 radical (unpaired) electrons. The number of nitrogens with one attached hydrogen (secondary N) is 2. The third-order valence-electron chi connectivity index (χ3n) is 4.60. The maximum atomic E-state index is 12.3. The van der Waals surface area contributed by atoms with Gasteiger partial charge in [0.05, 0.1) is 12.5 Å². The molecule has 1 aromatic heterocycles. The highest BCUT2D eigenvalue weighted by molar-refractivity contribution is 5.93. The van der Waals surface area contributed by atoms with Crippen LogP contribution >= 0.6 is 0 Å². The number of ether oxygens (including phenoxy) is 1. The van der Waals surface area contributed by atoms with Gasteiger partial charge in [0.1, 0.15) is 5.82 Å². The largest absolute Gasteiger partial charge is 0.381 e. The molecule has 4 rings (SSSR count). The minimum Gasteiger partial charge on any atom is -0.381 e. The standard InChI is InChI=1S/C22H21N3O2/c26-22(17-11-13-27-15-17)25-21-14-16(10-12-23-21)19-8-4-5-9-20(19)24-18-6-2-1-3-7-18/h1-10,12,14,17,24H,11,13,15H2,(H,23,25,26). The van der Waals surface area contributed by atoms with E-state index in [4.69, 9.17) is 4.74 Å². The van der Waals surface area contributed by atoms with Crippen molar-refractivity contribution in [3.8, 4) is 11.1 Å². The summed E-state index contributed by atoms with van der Waals surface area (Å²) in [5.41, 5.74) is 4.05. The van der Waals surface area contributed by atoms with Crippen LogP contribution in [-0.4, -0.2) is 24.1 Å². The van der Waals surface area contributed by atoms with E-state index in [1.165, 1.54) is 0 Å². The molecule has 1 amide bonds. The van der Waals surface area contributed by atoms with E-state index in [9.17, 15) is 4.79 Å². The fourth-order valence-corrected chi connectivity index (χ4v) is 3.16. The Hall–Kier alpha value is -3.18. The average Bonchev–Trinajstić information content (AvgIpc) is 3.25. The molecule has 2 aromatic carbocycles. The number of pyridine rings is 1. The number of hydrogen-bond acceptors (Lipinski definition) is 4. The van der Waals surface area contributed by atoms with Crippen molar-refractivity contribution in [1.29, 1.82) is 0 Å². The van der Waals surface area contributed by atoms with E-state index >= 15 is 0 Å². The third kappa shape index (κ3) is 4.15. The first-order chi connectivity index (χ1) is 13.3. The lowest BCUT2D eigenvalue weighted by molar-refractivity contribution is -0.119. The van der Waals surface area contributed by atoms with Gasteiger partial charge in [-0.15, -0.1) is 0 Å². The Bertz CT molecular complexity index is 922. The van der Waals surface area contributed by atoms with Crippen LogP contribution in [0.25, 0.3) is 11.1 Å². The van der Waals surface area contributed by atoms with E-state index in [2.05, 4.69) is 21.7 Å². The smallest absolute Gasteiger partial charge is 0.231 e. The van der Waals surface area contributed by atoms with Crippen molar-refractivity contribution in [2.45, 2.75) is 6.42 Å². The number of carbonyl (C=O) groups excluding carboxylic acids is 1. The molecule has 5 heteroatoms. The van der Waals surface area contributed by atoms with Crippen LogP contribution in [0, 0.1) is 5.92 Å². The summed E-state index contributed by atoms with van der Waals surface area (Å²) in [7, 11) is 0. The topological polar surface area (TPSA) is 63.2 Å². The molecule has 136 valence electrons. The van der Waals surface area contributed by atoms with Crippen LogP contribution in [0.1, 0.15) is 6.42 Å². The quantitative estimate of drug-likeness (QED) is 0.706. The van der Waals surface area contributed by atoms with Gasteiger partial charge in [0.15, 0.2) is 0 Å². The molecule has 0 aliphatic carbocycles. The van der Waals surface area contributed by atoms with Crippen LogP contribution in [0.3, 0.4) is 0 Å². The number of amides is 1. The lowest BCUT2D eigenvalue weighted by Crippen LogP contribution is -2.23. The van der Waals surface area contributed by atoms with Gasteiger partial charge in [-0.05, 0) is 42.3 Å². The molecule has 1 saturated heterocycles. The molecule has 0 bridgehead atoms. The Morgan fingerprint density at radius 2 is 1.85 bits per heavy atom. The Labute approximate surface area is 158 Å². The van der Waals surface area contributed by atoms with Crippen molar-refractivity contribution < 1.29 is 9.53 Å². The maximum absolute atomic E-state index is 12.3. The Morgan fingerprint density at radius 1 is 1.04 bits per heavy atom. The molecule has 1 unspecified atom stereocenters. The number of carbonyl (C=O) groups is 1. The van der Waals surface area contributed by atoms with Crippen molar-refractivity contribution in [2.24, 2.45) is 5.92 Å². The van der Waals surface area contributed by atoms with Crippen LogP contribution in [-0.2, 0) is 9.53 Å². The number of nitrogens with zero attached hydrogens (tertiary/aromatic N) is 1. The Kier molecular flexibility index (Phi) is 5.12. The van der Waals surface area contributed by atoms with Gasteiger partial charge in [-0.3, -0.25) is 4.79 Å². The number of hydrogen-bond donors (Lipinski definition) is 2. The van der Waals surface area contributed by atoms with Crippen LogP contribution in [0.4, 0.5) is 17.2 Å². The lowest BCUT2D eigenvalue weighted by Gasteiger charge is -2.14. The number of benzene rings is 2. The Balaban J connectivity index is 1.57. The second-order valence-corrected chi connectivity index (χ2v) is 6.52. The molecule has 2 N–H and O–H groups in total. The predicted molar refractivity (Wildman–Crippen MR) is 107 cm³/mol. The van der Waals surface area contributed by atoms with E-state index in [-0.39, 0.29) is 11.8 Å². The van der Waals surface area contributed by atoms with E-state index in [1.807, 2.05) is 60.7 Å². The minimum absolute atomic E-state index is 0.0344. The van der Waals surface area contributed by atoms with Crippen molar-refractivity contribution in [2.75, 3.05) is 23.8 Å². The third-order valence-corrected chi connectivity index (χ3v) is 4.60. The minimum atomic E-state index is -0.0949. The molecule has 5 nitrogen and oxygen atoms in total. The Morgan fingerprint density at radius 3 is 2.67 bits per heavy atom. The molecule has 3 aromatic rings. The zero-order valence-electron chi connectivity index (χ0n) is 14.9. The first-order valence-corrected chi connectivity index (χ1v) is 9.06. The fourth-order valence-electron chi connectivity index (χ4n) is 3.16. The van der Waals surface area contributed by atoms with E-state index in [1.54, 1.807) is 6.20 Å². The molecule has 0 spiro atoms. The zero-order chi connectivity index (χ0) is 18.5. The van der Waals surface area contributed by atoms with Crippen LogP contribution in [0.15, 0.2) is 72.9 Å². The van der Waals surface area contributed by atoms with E-state index < -0.39 is 0 Å². The van der Waals surface area contributed by atoms with Gasteiger partial charge in [-0.25, -0.2) is 4.98 Å². The normalized spacial score (nSPS) is 16.1. The molecular formula is C22H21N3O2. The van der Waals surface area contributed by atoms with Gasteiger partial charge >= 0.3 is 0 Å². The summed E-state index contributed by atoms with van der Waals surface area (Å²) in [6, 6.07) is 22.0. The summed E-state index contributed by atoms with van der Waals surface area (Å²) in [6.45, 7) is 1.12. The zero-order valence-corrected chi connectivity index (χ0v) is 14.9. The highest BCUT2D eigenvalue weighted by atomic mass is 16.5. The van der Waals surface area contributed by atoms with E-state index in [0.717, 1.165) is 28.9 Å². The van der Waals surface area contributed by atoms with E-state index in [0.29, 0.717) is 19.0 Å². The summed E-state index contributed by atoms with van der Waals surface area (Å²) in [6.07, 6.45) is 2.48. The van der Waals surface area contributed by atoms with Crippen molar-refractivity contribution in [1.82, 2.24) is 4.98 Å². The predicted octanol–water partition coefficient (Wildman–Crippen LogP) is 4.47. The SMILES string of the molecule is O=C(Nc1cc(-c2ccccc2Nc2ccccc2)ccn1)C1CCOC1. The number of para-hydroxylation sites is 2. The first kappa shape index (κ1) is 17.2. The molecule has 1 fully saturated rings. The molecule has 1 atom stereocenters. The van der Waals surface area contributed by atoms with Gasteiger partial charge < -0.3 is 15.4 Å². The second-order valence-electron chi connectivity index (χ2n) is 6.52. The molecule has 2 heterocycles. The summed E-state index contributed by atoms with van der Waals surface area (Å²) >= 11 is 0. The first-order valence-electron chi connectivity index (χ1n) is 9.06. The van der Waals surface area contributed by atoms with Gasteiger partial charge in [-0.1, -0.05) is 36.4 Å². The van der Waals surface area contributed by atoms with Crippen molar-refractivity contribution in [3.63, 3.8) is 0 Å². The van der Waals surface area contributed by atoms with Crippen LogP contribution in [0.5, 0.6) is 0 Å². The fraction of sp³-hybridized carbons (Fsp3) is 0.182. The van der Waals surface area contributed by atoms with Gasteiger partial charge in [-0.2, -0.15) is 0 Å². The lowest BCUT2D eigenvalue weighted by atomic mass is 10.0. The highest BCUT2D eigenvalue weighted by Crippen LogP contribution is 2.31. The van der Waals surface area contributed by atoms with Crippen LogP contribution < -0.4 is 10.6 Å². The van der Waals surface area contributed by atoms with Crippen LogP contribution in [0.2, 0.25) is 0 Å². The number of rotatable bonds is 5. The molecule has 0 saturated carbocycles. The molecule has 1 aliphatic heterocycles. The molecule has 1 aliphatic rings. The maximum Gasteiger partial charge on any atom is 0.231 e. The molecular weight excluding hydrogens is 338 g/mol. The highest BCUT2D eigenvalue weighted by Gasteiger charge is 2.23. The summed E-state index contributed by atoms with van der Waals surface area (Å²) in [5.74, 6) is 0.425. The van der Waals surface area contributed by atoms with Gasteiger partial charge in [0.2, 0.25) is 5.91 Å². The van der Waals surface area contributed by atoms with Crippen molar-refractivity contribution in [3.05, 3.63) is 72.9 Å². The van der Waals surface area contributed by atoms with Crippen molar-refractivity contribution >= 4 is 23.1 Å². The average molecular weight is 359 g/mol. The van der Waals surface area contributed by atoms with Gasteiger partial charge in [0.25, 0.3) is 0 Å². The second kappa shape index (κ2) is 8.01. The molecule has 27 heavy (non-hydrogen) atoms. The monoisotopic (exact) mass is 359 g/mol. The van der Waals surface area contributed by atoms with Gasteiger partial charge in [0, 0.05) is 29.7 Å². The summed E-state index contributed by atoms with van der Waals surface area (Å²) in [5, 5.41) is 6.36. The number of aromatic nitrogens is 1.